The minimum atomic E-state index is -3.49. The van der Waals surface area contributed by atoms with Gasteiger partial charge in [0.05, 0.1) is 17.1 Å². The molecule has 0 radical (unpaired) electrons. The first kappa shape index (κ1) is 21.7. The molecule has 1 heterocycles. The molecule has 3 N–H and O–H groups in total. The van der Waals surface area contributed by atoms with Crippen LogP contribution in [0, 0.1) is 0 Å². The van der Waals surface area contributed by atoms with Gasteiger partial charge in [-0.25, -0.2) is 17.9 Å². The van der Waals surface area contributed by atoms with Crippen LogP contribution < -0.4 is 15.4 Å². The van der Waals surface area contributed by atoms with Crippen molar-refractivity contribution in [2.45, 2.75) is 37.5 Å². The summed E-state index contributed by atoms with van der Waals surface area (Å²) in [6.45, 7) is 2.10. The molecule has 7 nitrogen and oxygen atoms in total. The summed E-state index contributed by atoms with van der Waals surface area (Å²) in [5.41, 5.74) is 2.27. The summed E-state index contributed by atoms with van der Waals surface area (Å²) in [5.74, 6) is -0.334. The van der Waals surface area contributed by atoms with Gasteiger partial charge in [-0.1, -0.05) is 0 Å². The van der Waals surface area contributed by atoms with Gasteiger partial charge >= 0.3 is 5.97 Å². The number of fused-ring (bicyclic) bond motifs is 1. The zero-order valence-electron chi connectivity index (χ0n) is 16.2. The summed E-state index contributed by atoms with van der Waals surface area (Å²) in [5, 5.41) is 7.14. The first-order valence-corrected chi connectivity index (χ1v) is 12.0. The zero-order valence-corrected chi connectivity index (χ0v) is 18.7. The molecule has 2 aromatic rings. The van der Waals surface area contributed by atoms with E-state index in [1.807, 2.05) is 0 Å². The fourth-order valence-electron chi connectivity index (χ4n) is 3.17. The molecule has 29 heavy (non-hydrogen) atoms. The number of ether oxygens (including phenoxy) is 1. The highest BCUT2D eigenvalue weighted by molar-refractivity contribution is 7.89. The van der Waals surface area contributed by atoms with Gasteiger partial charge in [-0.3, -0.25) is 0 Å². The topological polar surface area (TPSA) is 96.5 Å². The molecule has 0 aliphatic heterocycles. The summed E-state index contributed by atoms with van der Waals surface area (Å²) >= 11 is 6.94. The molecule has 0 fully saturated rings. The summed E-state index contributed by atoms with van der Waals surface area (Å²) in [4.78, 5) is 13.9. The maximum atomic E-state index is 12.5. The third kappa shape index (κ3) is 4.95. The van der Waals surface area contributed by atoms with Crippen LogP contribution in [-0.4, -0.2) is 33.2 Å². The van der Waals surface area contributed by atoms with E-state index in [1.165, 1.54) is 35.4 Å². The second-order valence-electron chi connectivity index (χ2n) is 6.45. The van der Waals surface area contributed by atoms with E-state index >= 15 is 0 Å². The third-order valence-electron chi connectivity index (χ3n) is 4.57. The van der Waals surface area contributed by atoms with Crippen molar-refractivity contribution in [1.29, 1.82) is 0 Å². The number of nitrogens with one attached hydrogen (secondary N) is 3. The van der Waals surface area contributed by atoms with Crippen LogP contribution in [-0.2, 0) is 27.6 Å². The molecular weight excluding hydrogens is 430 g/mol. The lowest BCUT2D eigenvalue weighted by Crippen LogP contribution is -2.21. The Labute approximate surface area is 179 Å². The Bertz CT molecular complexity index is 1010. The average Bonchev–Trinajstić information content (AvgIpc) is 3.06. The lowest BCUT2D eigenvalue weighted by Gasteiger charge is -2.13. The number of hydrogen-bond acceptors (Lipinski definition) is 6. The van der Waals surface area contributed by atoms with Gasteiger partial charge in [0.15, 0.2) is 5.11 Å². The Balaban J connectivity index is 1.77. The molecule has 10 heteroatoms. The summed E-state index contributed by atoms with van der Waals surface area (Å²) in [6, 6.07) is 6.24. The maximum absolute atomic E-state index is 12.5. The summed E-state index contributed by atoms with van der Waals surface area (Å²) in [7, 11) is -2.13. The number of esters is 1. The predicted octanol–water partition coefficient (Wildman–Crippen LogP) is 3.52. The second-order valence-corrected chi connectivity index (χ2v) is 9.85. The molecule has 0 amide bonds. The zero-order chi connectivity index (χ0) is 21.0. The van der Waals surface area contributed by atoms with Gasteiger partial charge in [0.1, 0.15) is 5.00 Å². The van der Waals surface area contributed by atoms with Gasteiger partial charge in [-0.05, 0) is 81.7 Å². The molecule has 0 atom stereocenters. The fourth-order valence-corrected chi connectivity index (χ4v) is 5.47. The van der Waals surface area contributed by atoms with Crippen molar-refractivity contribution < 1.29 is 17.9 Å². The Morgan fingerprint density at radius 3 is 2.52 bits per heavy atom. The molecule has 0 saturated heterocycles. The third-order valence-corrected chi connectivity index (χ3v) is 7.41. The maximum Gasteiger partial charge on any atom is 0.341 e. The molecule has 1 aliphatic rings. The smallest absolute Gasteiger partial charge is 0.341 e. The van der Waals surface area contributed by atoms with Crippen LogP contribution in [0.4, 0.5) is 10.7 Å². The van der Waals surface area contributed by atoms with Crippen LogP contribution in [0.1, 0.15) is 40.6 Å². The first-order valence-electron chi connectivity index (χ1n) is 9.29. The molecule has 1 aliphatic carbocycles. The SMILES string of the molecule is CCOC(=O)c1c(NC(=S)Nc2ccc(S(=O)(=O)NC)cc2)sc2c1CCCC2. The van der Waals surface area contributed by atoms with Crippen molar-refractivity contribution in [2.75, 3.05) is 24.3 Å². The number of rotatable bonds is 6. The van der Waals surface area contributed by atoms with Crippen molar-refractivity contribution in [3.63, 3.8) is 0 Å². The number of aryl methyl sites for hydroxylation is 1. The van der Waals surface area contributed by atoms with E-state index in [-0.39, 0.29) is 10.9 Å². The summed E-state index contributed by atoms with van der Waals surface area (Å²) in [6.07, 6.45) is 3.98. The van der Waals surface area contributed by atoms with E-state index < -0.39 is 10.0 Å². The van der Waals surface area contributed by atoms with Crippen LogP contribution in [0.25, 0.3) is 0 Å². The monoisotopic (exact) mass is 453 g/mol. The van der Waals surface area contributed by atoms with E-state index in [0.29, 0.717) is 28.0 Å². The minimum Gasteiger partial charge on any atom is -0.462 e. The highest BCUT2D eigenvalue weighted by atomic mass is 32.2. The van der Waals surface area contributed by atoms with E-state index in [0.717, 1.165) is 31.2 Å². The number of carbonyl (C=O) groups excluding carboxylic acids is 1. The number of anilines is 2. The van der Waals surface area contributed by atoms with Crippen molar-refractivity contribution >= 4 is 55.3 Å². The number of thiocarbonyl (C=S) groups is 1. The number of sulfonamides is 1. The molecular formula is C19H23N3O4S3. The van der Waals surface area contributed by atoms with Gasteiger partial charge in [-0.2, -0.15) is 0 Å². The Morgan fingerprint density at radius 2 is 1.86 bits per heavy atom. The lowest BCUT2D eigenvalue weighted by atomic mass is 9.95. The van der Waals surface area contributed by atoms with Crippen LogP contribution in [0.15, 0.2) is 29.2 Å². The highest BCUT2D eigenvalue weighted by Crippen LogP contribution is 2.38. The Hall–Kier alpha value is -2.01. The highest BCUT2D eigenvalue weighted by Gasteiger charge is 2.26. The van der Waals surface area contributed by atoms with Gasteiger partial charge in [-0.15, -0.1) is 11.3 Å². The van der Waals surface area contributed by atoms with E-state index in [1.54, 1.807) is 19.1 Å². The molecule has 0 bridgehead atoms. The lowest BCUT2D eigenvalue weighted by molar-refractivity contribution is 0.0526. The predicted molar refractivity (Wildman–Crippen MR) is 119 cm³/mol. The van der Waals surface area contributed by atoms with E-state index in [9.17, 15) is 13.2 Å². The van der Waals surface area contributed by atoms with E-state index in [2.05, 4.69) is 15.4 Å². The molecule has 3 rings (SSSR count). The largest absolute Gasteiger partial charge is 0.462 e. The Kier molecular flexibility index (Phi) is 6.89. The minimum absolute atomic E-state index is 0.167. The quantitative estimate of drug-likeness (QED) is 0.455. The van der Waals surface area contributed by atoms with Gasteiger partial charge in [0, 0.05) is 10.6 Å². The molecule has 156 valence electrons. The van der Waals surface area contributed by atoms with E-state index in [4.69, 9.17) is 17.0 Å². The van der Waals surface area contributed by atoms with Crippen LogP contribution in [0.2, 0.25) is 0 Å². The average molecular weight is 454 g/mol. The number of carbonyl (C=O) groups is 1. The summed E-state index contributed by atoms with van der Waals surface area (Å²) < 4.78 is 31.2. The molecule has 0 spiro atoms. The number of thiophene rings is 1. The molecule has 1 aromatic heterocycles. The normalized spacial score (nSPS) is 13.4. The van der Waals surface area contributed by atoms with Crippen molar-refractivity contribution in [1.82, 2.24) is 4.72 Å². The number of benzene rings is 1. The van der Waals surface area contributed by atoms with Crippen LogP contribution in [0.3, 0.4) is 0 Å². The second kappa shape index (κ2) is 9.21. The van der Waals surface area contributed by atoms with Gasteiger partial charge < -0.3 is 15.4 Å². The standard InChI is InChI=1S/C19H23N3O4S3/c1-3-26-18(23)16-14-6-4-5-7-15(14)28-17(16)22-19(27)21-12-8-10-13(11-9-12)29(24,25)20-2/h8-11,20H,3-7H2,1-2H3,(H2,21,22,27). The van der Waals surface area contributed by atoms with Gasteiger partial charge in [0.25, 0.3) is 0 Å². The Morgan fingerprint density at radius 1 is 1.17 bits per heavy atom. The van der Waals surface area contributed by atoms with Crippen LogP contribution in [0.5, 0.6) is 0 Å². The number of hydrogen-bond donors (Lipinski definition) is 3. The van der Waals surface area contributed by atoms with Crippen molar-refractivity contribution in [3.05, 3.63) is 40.3 Å². The fraction of sp³-hybridized carbons (Fsp3) is 0.368. The van der Waals surface area contributed by atoms with Gasteiger partial charge in [0.2, 0.25) is 10.0 Å². The van der Waals surface area contributed by atoms with Crippen molar-refractivity contribution in [2.24, 2.45) is 0 Å². The molecule has 1 aromatic carbocycles. The first-order chi connectivity index (χ1) is 13.9. The van der Waals surface area contributed by atoms with Crippen molar-refractivity contribution in [3.8, 4) is 0 Å². The molecule has 0 unspecified atom stereocenters. The van der Waals surface area contributed by atoms with Crippen LogP contribution >= 0.6 is 23.6 Å². The molecule has 0 saturated carbocycles.